The van der Waals surface area contributed by atoms with Crippen LogP contribution >= 0.6 is 15.9 Å². The molecule has 0 aromatic heterocycles. The van der Waals surface area contributed by atoms with Crippen LogP contribution in [0.15, 0.2) is 22.7 Å². The van der Waals surface area contributed by atoms with Crippen LogP contribution in [0.3, 0.4) is 0 Å². The smallest absolute Gasteiger partial charge is 0.122 e. The van der Waals surface area contributed by atoms with Crippen molar-refractivity contribution < 1.29 is 4.74 Å². The third kappa shape index (κ3) is 5.09. The molecule has 1 atom stereocenters. The maximum atomic E-state index is 6.16. The van der Waals surface area contributed by atoms with E-state index in [1.54, 1.807) is 7.11 Å². The fraction of sp³-hybridized carbons (Fsp3) is 0.571. The molecule has 1 unspecified atom stereocenters. The zero-order valence-corrected chi connectivity index (χ0v) is 12.5. The van der Waals surface area contributed by atoms with E-state index in [0.29, 0.717) is 5.92 Å². The molecule has 2 N–H and O–H groups in total. The highest BCUT2D eigenvalue weighted by atomic mass is 79.9. The van der Waals surface area contributed by atoms with Gasteiger partial charge in [0.1, 0.15) is 5.75 Å². The molecule has 0 radical (unpaired) electrons. The largest absolute Gasteiger partial charge is 0.496 e. The summed E-state index contributed by atoms with van der Waals surface area (Å²) < 4.78 is 6.42. The highest BCUT2D eigenvalue weighted by Gasteiger charge is 2.10. The topological polar surface area (TPSA) is 35.2 Å². The van der Waals surface area contributed by atoms with Crippen LogP contribution < -0.4 is 10.5 Å². The number of halogens is 1. The van der Waals surface area contributed by atoms with E-state index in [1.807, 2.05) is 12.1 Å². The fourth-order valence-electron chi connectivity index (χ4n) is 1.84. The number of hydrogen-bond acceptors (Lipinski definition) is 2. The Labute approximate surface area is 113 Å². The molecule has 0 fully saturated rings. The Morgan fingerprint density at radius 2 is 2.00 bits per heavy atom. The van der Waals surface area contributed by atoms with Crippen molar-refractivity contribution in [1.82, 2.24) is 0 Å². The Kier molecular flexibility index (Phi) is 6.00. The molecule has 0 bridgehead atoms. The zero-order valence-electron chi connectivity index (χ0n) is 10.9. The molecule has 0 saturated carbocycles. The van der Waals surface area contributed by atoms with Gasteiger partial charge in [0.15, 0.2) is 0 Å². The van der Waals surface area contributed by atoms with E-state index in [-0.39, 0.29) is 6.04 Å². The number of methoxy groups -OCH3 is 1. The van der Waals surface area contributed by atoms with E-state index >= 15 is 0 Å². The third-order valence-corrected chi connectivity index (χ3v) is 3.33. The van der Waals surface area contributed by atoms with Crippen LogP contribution in [0.1, 0.15) is 32.3 Å². The second kappa shape index (κ2) is 7.02. The van der Waals surface area contributed by atoms with Gasteiger partial charge >= 0.3 is 0 Å². The molecule has 1 aromatic rings. The lowest BCUT2D eigenvalue weighted by Gasteiger charge is -2.15. The summed E-state index contributed by atoms with van der Waals surface area (Å²) in [6, 6.07) is 6.27. The minimum atomic E-state index is 0.209. The Balaban J connectivity index is 2.63. The Morgan fingerprint density at radius 3 is 2.59 bits per heavy atom. The summed E-state index contributed by atoms with van der Waals surface area (Å²) >= 11 is 3.48. The lowest BCUT2D eigenvalue weighted by Crippen LogP contribution is -2.23. The molecular weight excluding hydrogens is 278 g/mol. The molecule has 0 aliphatic rings. The maximum absolute atomic E-state index is 6.16. The number of ether oxygens (including phenoxy) is 1. The van der Waals surface area contributed by atoms with Crippen molar-refractivity contribution in [1.29, 1.82) is 0 Å². The standard InChI is InChI=1S/C14H22BrNO/c1-10(2)4-6-13(16)9-11-8-12(15)5-7-14(11)17-3/h5,7-8,10,13H,4,6,9,16H2,1-3H3. The number of hydrogen-bond donors (Lipinski definition) is 1. The summed E-state index contributed by atoms with van der Waals surface area (Å²) in [6.07, 6.45) is 3.11. The second-order valence-electron chi connectivity index (χ2n) is 4.89. The number of rotatable bonds is 6. The summed E-state index contributed by atoms with van der Waals surface area (Å²) in [6.45, 7) is 4.46. The van der Waals surface area contributed by atoms with E-state index in [2.05, 4.69) is 35.8 Å². The predicted octanol–water partition coefficient (Wildman–Crippen LogP) is 3.76. The van der Waals surface area contributed by atoms with Gasteiger partial charge in [0.25, 0.3) is 0 Å². The molecule has 0 heterocycles. The van der Waals surface area contributed by atoms with Crippen LogP contribution in [0, 0.1) is 5.92 Å². The van der Waals surface area contributed by atoms with Gasteiger partial charge in [0.05, 0.1) is 7.11 Å². The van der Waals surface area contributed by atoms with E-state index in [4.69, 9.17) is 10.5 Å². The summed E-state index contributed by atoms with van der Waals surface area (Å²) in [5, 5.41) is 0. The number of benzene rings is 1. The molecule has 0 aliphatic heterocycles. The monoisotopic (exact) mass is 299 g/mol. The van der Waals surface area contributed by atoms with E-state index in [1.165, 1.54) is 12.0 Å². The first kappa shape index (κ1) is 14.5. The van der Waals surface area contributed by atoms with Crippen molar-refractivity contribution in [3.05, 3.63) is 28.2 Å². The first-order valence-electron chi connectivity index (χ1n) is 6.11. The molecule has 1 aromatic carbocycles. The molecule has 1 rings (SSSR count). The molecule has 0 saturated heterocycles. The highest BCUT2D eigenvalue weighted by Crippen LogP contribution is 2.24. The molecule has 0 spiro atoms. The van der Waals surface area contributed by atoms with Gasteiger partial charge in [-0.25, -0.2) is 0 Å². The van der Waals surface area contributed by atoms with Gasteiger partial charge in [0, 0.05) is 10.5 Å². The van der Waals surface area contributed by atoms with E-state index < -0.39 is 0 Å². The van der Waals surface area contributed by atoms with Crippen molar-refractivity contribution >= 4 is 15.9 Å². The quantitative estimate of drug-likeness (QED) is 0.868. The van der Waals surface area contributed by atoms with Gasteiger partial charge in [0.2, 0.25) is 0 Å². The van der Waals surface area contributed by atoms with Crippen molar-refractivity contribution in [2.75, 3.05) is 7.11 Å². The van der Waals surface area contributed by atoms with Gasteiger partial charge in [-0.3, -0.25) is 0 Å². The fourth-order valence-corrected chi connectivity index (χ4v) is 2.25. The molecule has 0 amide bonds. The van der Waals surface area contributed by atoms with Crippen LogP contribution in [0.2, 0.25) is 0 Å². The van der Waals surface area contributed by atoms with Gasteiger partial charge in [-0.1, -0.05) is 29.8 Å². The first-order chi connectivity index (χ1) is 8.02. The summed E-state index contributed by atoms with van der Waals surface area (Å²) in [5.74, 6) is 1.64. The SMILES string of the molecule is COc1ccc(Br)cc1CC(N)CCC(C)C. The van der Waals surface area contributed by atoms with E-state index in [9.17, 15) is 0 Å². The lowest BCUT2D eigenvalue weighted by atomic mass is 9.98. The van der Waals surface area contributed by atoms with Crippen LogP contribution in [-0.2, 0) is 6.42 Å². The van der Waals surface area contributed by atoms with Crippen molar-refractivity contribution in [2.45, 2.75) is 39.2 Å². The Morgan fingerprint density at radius 1 is 1.29 bits per heavy atom. The third-order valence-electron chi connectivity index (χ3n) is 2.84. The zero-order chi connectivity index (χ0) is 12.8. The Bertz CT molecular complexity index is 352. The molecule has 17 heavy (non-hydrogen) atoms. The van der Waals surface area contributed by atoms with Crippen LogP contribution in [0.25, 0.3) is 0 Å². The van der Waals surface area contributed by atoms with Crippen LogP contribution in [0.5, 0.6) is 5.75 Å². The average Bonchev–Trinajstić information content (AvgIpc) is 2.27. The molecule has 0 aliphatic carbocycles. The van der Waals surface area contributed by atoms with Gasteiger partial charge in [-0.15, -0.1) is 0 Å². The maximum Gasteiger partial charge on any atom is 0.122 e. The summed E-state index contributed by atoms with van der Waals surface area (Å²) in [5.41, 5.74) is 7.34. The van der Waals surface area contributed by atoms with Gasteiger partial charge in [-0.05, 0) is 48.9 Å². The Hall–Kier alpha value is -0.540. The molecule has 96 valence electrons. The van der Waals surface area contributed by atoms with Crippen molar-refractivity contribution in [2.24, 2.45) is 11.7 Å². The summed E-state index contributed by atoms with van der Waals surface area (Å²) in [4.78, 5) is 0. The highest BCUT2D eigenvalue weighted by molar-refractivity contribution is 9.10. The van der Waals surface area contributed by atoms with E-state index in [0.717, 1.165) is 23.1 Å². The van der Waals surface area contributed by atoms with Crippen LogP contribution in [0.4, 0.5) is 0 Å². The molecule has 3 heteroatoms. The molecule has 2 nitrogen and oxygen atoms in total. The minimum absolute atomic E-state index is 0.209. The van der Waals surface area contributed by atoms with Gasteiger partial charge in [-0.2, -0.15) is 0 Å². The minimum Gasteiger partial charge on any atom is -0.496 e. The van der Waals surface area contributed by atoms with Crippen molar-refractivity contribution in [3.8, 4) is 5.75 Å². The molecular formula is C14H22BrNO. The first-order valence-corrected chi connectivity index (χ1v) is 6.90. The predicted molar refractivity (Wildman–Crippen MR) is 76.4 cm³/mol. The van der Waals surface area contributed by atoms with Gasteiger partial charge < -0.3 is 10.5 Å². The number of nitrogens with two attached hydrogens (primary N) is 1. The summed E-state index contributed by atoms with van der Waals surface area (Å²) in [7, 11) is 1.70. The average molecular weight is 300 g/mol. The van der Waals surface area contributed by atoms with Crippen LogP contribution in [-0.4, -0.2) is 13.2 Å². The normalized spacial score (nSPS) is 12.8. The lowest BCUT2D eigenvalue weighted by molar-refractivity contribution is 0.405. The van der Waals surface area contributed by atoms with Crippen molar-refractivity contribution in [3.63, 3.8) is 0 Å². The second-order valence-corrected chi connectivity index (χ2v) is 5.81.